The monoisotopic (exact) mass is 478 g/mol. The molecule has 2 saturated heterocycles. The van der Waals surface area contributed by atoms with Gasteiger partial charge in [-0.05, 0) is 63.7 Å². The number of benzene rings is 1. The Kier molecular flexibility index (Phi) is 6.16. The van der Waals surface area contributed by atoms with Crippen molar-refractivity contribution in [2.45, 2.75) is 75.8 Å². The molecule has 0 N–H and O–H groups in total. The first-order valence-corrected chi connectivity index (χ1v) is 14.0. The molecular formula is C27H34N4O2S. The minimum absolute atomic E-state index is 0.167. The number of hydrogen-bond acceptors (Lipinski definition) is 7. The Balaban J connectivity index is 1.10. The first-order chi connectivity index (χ1) is 16.7. The number of thiazole rings is 1. The van der Waals surface area contributed by atoms with E-state index < -0.39 is 5.54 Å². The lowest BCUT2D eigenvalue weighted by Crippen LogP contribution is -2.46. The molecule has 0 radical (unpaired) electrons. The van der Waals surface area contributed by atoms with Crippen molar-refractivity contribution in [3.8, 4) is 11.3 Å². The van der Waals surface area contributed by atoms with Crippen LogP contribution in [-0.2, 0) is 9.53 Å². The van der Waals surface area contributed by atoms with Gasteiger partial charge in [0.2, 0.25) is 5.90 Å². The molecule has 7 heteroatoms. The number of carbonyl (C=O) groups is 1. The Morgan fingerprint density at radius 2 is 1.56 bits per heavy atom. The standard InChI is InChI=1S/C27H34N4O2S/c32-25-27(13-3-1-4-14-27)29-24(33-25)21-9-7-20(8-10-21)23-19-34-26(28-23)31-17-11-22(12-18-31)30-15-5-2-6-16-30/h7-10,19,22H,1-6,11-18H2. The molecule has 2 aromatic rings. The quantitative estimate of drug-likeness (QED) is 0.560. The van der Waals surface area contributed by atoms with Crippen LogP contribution in [0.5, 0.6) is 0 Å². The summed E-state index contributed by atoms with van der Waals surface area (Å²) in [5, 5.41) is 3.29. The van der Waals surface area contributed by atoms with Gasteiger partial charge in [0.05, 0.1) is 5.69 Å². The van der Waals surface area contributed by atoms with Gasteiger partial charge in [-0.2, -0.15) is 0 Å². The first kappa shape index (κ1) is 22.2. The number of esters is 1. The van der Waals surface area contributed by atoms with Crippen LogP contribution in [-0.4, -0.2) is 59.5 Å². The Bertz CT molecular complexity index is 1040. The van der Waals surface area contributed by atoms with E-state index in [0.29, 0.717) is 5.90 Å². The van der Waals surface area contributed by atoms with Gasteiger partial charge in [-0.3, -0.25) is 0 Å². The van der Waals surface area contributed by atoms with E-state index in [-0.39, 0.29) is 5.97 Å². The van der Waals surface area contributed by atoms with Crippen molar-refractivity contribution in [3.05, 3.63) is 35.2 Å². The Morgan fingerprint density at radius 3 is 2.29 bits per heavy atom. The second-order valence-electron chi connectivity index (χ2n) is 10.3. The molecule has 1 saturated carbocycles. The smallest absolute Gasteiger partial charge is 0.340 e. The number of aromatic nitrogens is 1. The molecule has 1 aliphatic carbocycles. The minimum Gasteiger partial charge on any atom is -0.405 e. The van der Waals surface area contributed by atoms with E-state index in [1.807, 2.05) is 12.1 Å². The van der Waals surface area contributed by atoms with Crippen molar-refractivity contribution >= 4 is 28.3 Å². The lowest BCUT2D eigenvalue weighted by atomic mass is 9.83. The van der Waals surface area contributed by atoms with Gasteiger partial charge in [-0.15, -0.1) is 11.3 Å². The summed E-state index contributed by atoms with van der Waals surface area (Å²) in [6, 6.07) is 8.90. The van der Waals surface area contributed by atoms with Crippen LogP contribution in [0.3, 0.4) is 0 Å². The molecular weight excluding hydrogens is 444 g/mol. The number of carbonyl (C=O) groups excluding carboxylic acids is 1. The number of ether oxygens (including phenoxy) is 1. The normalized spacial score (nSPS) is 23.8. The minimum atomic E-state index is -0.627. The molecule has 3 aliphatic heterocycles. The van der Waals surface area contributed by atoms with Crippen molar-refractivity contribution in [2.24, 2.45) is 4.99 Å². The number of piperidine rings is 2. The molecule has 3 fully saturated rings. The van der Waals surface area contributed by atoms with Gasteiger partial charge in [-0.1, -0.05) is 37.8 Å². The van der Waals surface area contributed by atoms with Crippen LogP contribution in [0.4, 0.5) is 5.13 Å². The largest absolute Gasteiger partial charge is 0.405 e. The van der Waals surface area contributed by atoms with Gasteiger partial charge in [0.25, 0.3) is 0 Å². The van der Waals surface area contributed by atoms with Gasteiger partial charge in [0, 0.05) is 35.6 Å². The Morgan fingerprint density at radius 1 is 0.882 bits per heavy atom. The number of cyclic esters (lactones) is 1. The average Bonchev–Trinajstić information content (AvgIpc) is 3.51. The average molecular weight is 479 g/mol. The zero-order valence-corrected chi connectivity index (χ0v) is 20.7. The van der Waals surface area contributed by atoms with Crippen LogP contribution in [0.25, 0.3) is 11.3 Å². The highest BCUT2D eigenvalue weighted by atomic mass is 32.1. The van der Waals surface area contributed by atoms with E-state index in [1.165, 1.54) is 51.6 Å². The fraction of sp³-hybridized carbons (Fsp3) is 0.593. The van der Waals surface area contributed by atoms with Crippen molar-refractivity contribution < 1.29 is 9.53 Å². The maximum absolute atomic E-state index is 12.5. The summed E-state index contributed by atoms with van der Waals surface area (Å²) < 4.78 is 5.61. The van der Waals surface area contributed by atoms with Crippen LogP contribution in [0, 0.1) is 0 Å². The molecule has 4 aliphatic rings. The molecule has 1 spiro atoms. The third-order valence-electron chi connectivity index (χ3n) is 8.13. The zero-order chi connectivity index (χ0) is 23.0. The number of nitrogens with zero attached hydrogens (tertiary/aromatic N) is 4. The predicted octanol–water partition coefficient (Wildman–Crippen LogP) is 5.27. The molecule has 6 nitrogen and oxygen atoms in total. The van der Waals surface area contributed by atoms with E-state index in [4.69, 9.17) is 14.7 Å². The number of aliphatic imine (C=N–C) groups is 1. The summed E-state index contributed by atoms with van der Waals surface area (Å²) in [5.74, 6) is 0.313. The highest BCUT2D eigenvalue weighted by molar-refractivity contribution is 7.14. The van der Waals surface area contributed by atoms with Gasteiger partial charge in [0.1, 0.15) is 0 Å². The number of rotatable bonds is 4. The number of likely N-dealkylation sites (tertiary alicyclic amines) is 1. The van der Waals surface area contributed by atoms with Gasteiger partial charge < -0.3 is 14.5 Å². The van der Waals surface area contributed by atoms with Crippen LogP contribution >= 0.6 is 11.3 Å². The summed E-state index contributed by atoms with van der Waals surface area (Å²) in [6.07, 6.45) is 11.5. The maximum Gasteiger partial charge on any atom is 0.340 e. The van der Waals surface area contributed by atoms with Crippen molar-refractivity contribution in [2.75, 3.05) is 31.1 Å². The highest BCUT2D eigenvalue weighted by Gasteiger charge is 2.46. The Hall–Kier alpha value is -2.25. The molecule has 0 bridgehead atoms. The third-order valence-corrected chi connectivity index (χ3v) is 9.03. The summed E-state index contributed by atoms with van der Waals surface area (Å²) in [7, 11) is 0. The summed E-state index contributed by atoms with van der Waals surface area (Å²) in [6.45, 7) is 4.77. The first-order valence-electron chi connectivity index (χ1n) is 13.1. The number of anilines is 1. The molecule has 1 aromatic carbocycles. The van der Waals surface area contributed by atoms with Crippen LogP contribution in [0.2, 0.25) is 0 Å². The Labute approximate surface area is 206 Å². The zero-order valence-electron chi connectivity index (χ0n) is 19.9. The molecule has 6 rings (SSSR count). The topological polar surface area (TPSA) is 58.0 Å². The van der Waals surface area contributed by atoms with Gasteiger partial charge >= 0.3 is 5.97 Å². The fourth-order valence-corrected chi connectivity index (χ4v) is 6.94. The SMILES string of the molecule is O=C1OC(c2ccc(-c3csc(N4CCC(N5CCCCC5)CC4)n3)cc2)=NC12CCCCC2. The van der Waals surface area contributed by atoms with E-state index in [1.54, 1.807) is 11.3 Å². The van der Waals surface area contributed by atoms with Crippen molar-refractivity contribution in [3.63, 3.8) is 0 Å². The second-order valence-corrected chi connectivity index (χ2v) is 11.1. The van der Waals surface area contributed by atoms with Crippen LogP contribution < -0.4 is 4.90 Å². The second kappa shape index (κ2) is 9.42. The molecule has 4 heterocycles. The lowest BCUT2D eigenvalue weighted by Gasteiger charge is -2.40. The third kappa shape index (κ3) is 4.29. The molecule has 34 heavy (non-hydrogen) atoms. The van der Waals surface area contributed by atoms with E-state index in [9.17, 15) is 4.79 Å². The van der Waals surface area contributed by atoms with Gasteiger partial charge in [0.15, 0.2) is 10.7 Å². The molecule has 0 unspecified atom stereocenters. The summed E-state index contributed by atoms with van der Waals surface area (Å²) in [5.41, 5.74) is 2.35. The summed E-state index contributed by atoms with van der Waals surface area (Å²) in [4.78, 5) is 27.4. The van der Waals surface area contributed by atoms with Crippen molar-refractivity contribution in [1.82, 2.24) is 9.88 Å². The maximum atomic E-state index is 12.5. The van der Waals surface area contributed by atoms with E-state index in [2.05, 4.69) is 27.3 Å². The molecule has 1 aromatic heterocycles. The summed E-state index contributed by atoms with van der Waals surface area (Å²) >= 11 is 1.74. The van der Waals surface area contributed by atoms with Crippen LogP contribution in [0.1, 0.15) is 69.8 Å². The van der Waals surface area contributed by atoms with Gasteiger partial charge in [-0.25, -0.2) is 14.8 Å². The highest BCUT2D eigenvalue weighted by Crippen LogP contribution is 2.37. The molecule has 180 valence electrons. The van der Waals surface area contributed by atoms with E-state index >= 15 is 0 Å². The van der Waals surface area contributed by atoms with Crippen LogP contribution in [0.15, 0.2) is 34.6 Å². The molecule has 0 amide bonds. The van der Waals surface area contributed by atoms with Crippen molar-refractivity contribution in [1.29, 1.82) is 0 Å². The fourth-order valence-electron chi connectivity index (χ4n) is 6.05. The lowest BCUT2D eigenvalue weighted by molar-refractivity contribution is -0.140. The number of hydrogen-bond donors (Lipinski definition) is 0. The predicted molar refractivity (Wildman–Crippen MR) is 137 cm³/mol. The molecule has 0 atom stereocenters. The van der Waals surface area contributed by atoms with E-state index in [0.717, 1.165) is 66.8 Å².